The average molecular weight is 285 g/mol. The van der Waals surface area contributed by atoms with Crippen molar-refractivity contribution in [1.29, 1.82) is 0 Å². The molecule has 2 rings (SSSR count). The van der Waals surface area contributed by atoms with Crippen LogP contribution in [0.2, 0.25) is 0 Å². The lowest BCUT2D eigenvalue weighted by Gasteiger charge is -2.43. The largest absolute Gasteiger partial charge is 0.481 e. The van der Waals surface area contributed by atoms with Gasteiger partial charge in [0.1, 0.15) is 0 Å². The first-order valence-corrected chi connectivity index (χ1v) is 7.07. The number of methoxy groups -OCH3 is 2. The molecule has 0 radical (unpaired) electrons. The standard InChI is InChI=1S/C14H23NO5/c1-19-9-14(4-3-5-14)13(18)15-8-11(20-2)6-10(15)7-12(16)17/h10-11H,3-9H2,1-2H3,(H,16,17). The number of carboxylic acid groups (broad SMARTS) is 1. The van der Waals surface area contributed by atoms with Gasteiger partial charge in [-0.05, 0) is 19.3 Å². The van der Waals surface area contributed by atoms with E-state index in [1.165, 1.54) is 0 Å². The van der Waals surface area contributed by atoms with Crippen molar-refractivity contribution in [3.8, 4) is 0 Å². The van der Waals surface area contributed by atoms with Gasteiger partial charge in [0.15, 0.2) is 0 Å². The Kier molecular flexibility index (Phi) is 4.65. The van der Waals surface area contributed by atoms with Gasteiger partial charge in [-0.3, -0.25) is 9.59 Å². The van der Waals surface area contributed by atoms with E-state index in [1.54, 1.807) is 19.1 Å². The number of carbonyl (C=O) groups is 2. The van der Waals surface area contributed by atoms with E-state index in [0.29, 0.717) is 19.6 Å². The Morgan fingerprint density at radius 3 is 2.50 bits per heavy atom. The monoisotopic (exact) mass is 285 g/mol. The Morgan fingerprint density at radius 2 is 2.05 bits per heavy atom. The summed E-state index contributed by atoms with van der Waals surface area (Å²) in [6.07, 6.45) is 3.19. The number of carboxylic acids is 1. The predicted molar refractivity (Wildman–Crippen MR) is 71.3 cm³/mol. The van der Waals surface area contributed by atoms with Crippen LogP contribution < -0.4 is 0 Å². The molecule has 1 aliphatic heterocycles. The summed E-state index contributed by atoms with van der Waals surface area (Å²) in [7, 11) is 3.20. The molecule has 114 valence electrons. The van der Waals surface area contributed by atoms with E-state index in [4.69, 9.17) is 14.6 Å². The molecule has 2 aliphatic rings. The summed E-state index contributed by atoms with van der Waals surface area (Å²) >= 11 is 0. The first kappa shape index (κ1) is 15.3. The highest BCUT2D eigenvalue weighted by molar-refractivity contribution is 5.85. The summed E-state index contributed by atoms with van der Waals surface area (Å²) in [5.41, 5.74) is -0.436. The van der Waals surface area contributed by atoms with E-state index >= 15 is 0 Å². The zero-order valence-corrected chi connectivity index (χ0v) is 12.1. The van der Waals surface area contributed by atoms with E-state index in [2.05, 4.69) is 0 Å². The predicted octanol–water partition coefficient (Wildman–Crippen LogP) is 0.894. The lowest BCUT2D eigenvalue weighted by Crippen LogP contribution is -2.52. The van der Waals surface area contributed by atoms with Crippen LogP contribution in [-0.4, -0.2) is 61.4 Å². The second-order valence-electron chi connectivity index (χ2n) is 5.87. The number of hydrogen-bond acceptors (Lipinski definition) is 4. The zero-order valence-electron chi connectivity index (χ0n) is 12.1. The maximum absolute atomic E-state index is 12.8. The van der Waals surface area contributed by atoms with Crippen molar-refractivity contribution in [3.63, 3.8) is 0 Å². The molecular weight excluding hydrogens is 262 g/mol. The van der Waals surface area contributed by atoms with Gasteiger partial charge < -0.3 is 19.5 Å². The molecule has 1 heterocycles. The quantitative estimate of drug-likeness (QED) is 0.784. The van der Waals surface area contributed by atoms with Crippen LogP contribution in [-0.2, 0) is 19.1 Å². The molecule has 6 nitrogen and oxygen atoms in total. The van der Waals surface area contributed by atoms with E-state index in [9.17, 15) is 9.59 Å². The molecule has 0 bridgehead atoms. The summed E-state index contributed by atoms with van der Waals surface area (Å²) in [4.78, 5) is 25.5. The van der Waals surface area contributed by atoms with Crippen LogP contribution in [0.25, 0.3) is 0 Å². The first-order chi connectivity index (χ1) is 9.52. The minimum atomic E-state index is -0.876. The van der Waals surface area contributed by atoms with Gasteiger partial charge in [-0.25, -0.2) is 0 Å². The number of aliphatic carboxylic acids is 1. The normalized spacial score (nSPS) is 28.2. The van der Waals surface area contributed by atoms with Crippen molar-refractivity contribution in [2.75, 3.05) is 27.4 Å². The summed E-state index contributed by atoms with van der Waals surface area (Å²) in [5.74, 6) is -0.838. The van der Waals surface area contributed by atoms with E-state index in [0.717, 1.165) is 19.3 Å². The van der Waals surface area contributed by atoms with Gasteiger partial charge in [-0.15, -0.1) is 0 Å². The number of amides is 1. The van der Waals surface area contributed by atoms with Crippen molar-refractivity contribution in [2.24, 2.45) is 5.41 Å². The molecule has 2 unspecified atom stereocenters. The van der Waals surface area contributed by atoms with Gasteiger partial charge >= 0.3 is 5.97 Å². The Labute approximate surface area is 119 Å². The van der Waals surface area contributed by atoms with Gasteiger partial charge in [-0.2, -0.15) is 0 Å². The highest BCUT2D eigenvalue weighted by atomic mass is 16.5. The third-order valence-electron chi connectivity index (χ3n) is 4.57. The van der Waals surface area contributed by atoms with Crippen LogP contribution in [0, 0.1) is 5.41 Å². The fourth-order valence-electron chi connectivity index (χ4n) is 3.29. The summed E-state index contributed by atoms with van der Waals surface area (Å²) < 4.78 is 10.5. The molecule has 1 aliphatic carbocycles. The van der Waals surface area contributed by atoms with Crippen molar-refractivity contribution in [3.05, 3.63) is 0 Å². The number of rotatable bonds is 6. The van der Waals surface area contributed by atoms with Gasteiger partial charge in [0.2, 0.25) is 5.91 Å². The van der Waals surface area contributed by atoms with Crippen LogP contribution >= 0.6 is 0 Å². The number of carbonyl (C=O) groups excluding carboxylic acids is 1. The third kappa shape index (κ3) is 2.81. The van der Waals surface area contributed by atoms with E-state index < -0.39 is 11.4 Å². The minimum Gasteiger partial charge on any atom is -0.481 e. The van der Waals surface area contributed by atoms with Gasteiger partial charge in [0.25, 0.3) is 0 Å². The maximum atomic E-state index is 12.8. The molecule has 6 heteroatoms. The third-order valence-corrected chi connectivity index (χ3v) is 4.57. The van der Waals surface area contributed by atoms with E-state index in [-0.39, 0.29) is 24.5 Å². The van der Waals surface area contributed by atoms with Crippen LogP contribution in [0.5, 0.6) is 0 Å². The van der Waals surface area contributed by atoms with Gasteiger partial charge in [0, 0.05) is 26.8 Å². The summed E-state index contributed by atoms with van der Waals surface area (Å²) in [5, 5.41) is 9.01. The lowest BCUT2D eigenvalue weighted by atomic mass is 9.68. The number of hydrogen-bond donors (Lipinski definition) is 1. The minimum absolute atomic E-state index is 0.0192. The Balaban J connectivity index is 2.11. The highest BCUT2D eigenvalue weighted by Gasteiger charge is 2.50. The van der Waals surface area contributed by atoms with Crippen molar-refractivity contribution < 1.29 is 24.2 Å². The zero-order chi connectivity index (χ0) is 14.8. The van der Waals surface area contributed by atoms with Crippen LogP contribution in [0.4, 0.5) is 0 Å². The lowest BCUT2D eigenvalue weighted by molar-refractivity contribution is -0.154. The molecule has 0 aromatic rings. The van der Waals surface area contributed by atoms with Crippen LogP contribution in [0.1, 0.15) is 32.1 Å². The maximum Gasteiger partial charge on any atom is 0.305 e. The number of likely N-dealkylation sites (tertiary alicyclic amines) is 1. The van der Waals surface area contributed by atoms with Gasteiger partial charge in [0.05, 0.1) is 24.5 Å². The van der Waals surface area contributed by atoms with Crippen molar-refractivity contribution >= 4 is 11.9 Å². The molecule has 0 aromatic carbocycles. The molecule has 20 heavy (non-hydrogen) atoms. The van der Waals surface area contributed by atoms with Crippen LogP contribution in [0.3, 0.4) is 0 Å². The van der Waals surface area contributed by atoms with Crippen molar-refractivity contribution in [2.45, 2.75) is 44.2 Å². The molecule has 1 amide bonds. The Morgan fingerprint density at radius 1 is 1.35 bits per heavy atom. The fourth-order valence-corrected chi connectivity index (χ4v) is 3.29. The second kappa shape index (κ2) is 6.10. The molecule has 1 saturated carbocycles. The average Bonchev–Trinajstić information content (AvgIpc) is 2.75. The van der Waals surface area contributed by atoms with Crippen LogP contribution in [0.15, 0.2) is 0 Å². The highest BCUT2D eigenvalue weighted by Crippen LogP contribution is 2.44. The molecular formula is C14H23NO5. The van der Waals surface area contributed by atoms with Gasteiger partial charge in [-0.1, -0.05) is 6.42 Å². The molecule has 2 fully saturated rings. The molecule has 2 atom stereocenters. The number of ether oxygens (including phenoxy) is 2. The second-order valence-corrected chi connectivity index (χ2v) is 5.87. The smallest absolute Gasteiger partial charge is 0.305 e. The SMILES string of the molecule is COCC1(C(=O)N2CC(OC)CC2CC(=O)O)CCC1. The Bertz CT molecular complexity index is 380. The molecule has 0 aromatic heterocycles. The Hall–Kier alpha value is -1.14. The van der Waals surface area contributed by atoms with Crippen molar-refractivity contribution in [1.82, 2.24) is 4.90 Å². The number of nitrogens with zero attached hydrogens (tertiary/aromatic N) is 1. The summed E-state index contributed by atoms with van der Waals surface area (Å²) in [6.45, 7) is 0.901. The summed E-state index contributed by atoms with van der Waals surface area (Å²) in [6, 6.07) is -0.265. The topological polar surface area (TPSA) is 76.1 Å². The molecule has 0 spiro atoms. The molecule has 1 saturated heterocycles. The van der Waals surface area contributed by atoms with E-state index in [1.807, 2.05) is 0 Å². The first-order valence-electron chi connectivity index (χ1n) is 7.07. The molecule has 1 N–H and O–H groups in total. The fraction of sp³-hybridized carbons (Fsp3) is 0.857.